The zero-order valence-electron chi connectivity index (χ0n) is 35.1. The first-order chi connectivity index (χ1) is 30.1. The lowest BCUT2D eigenvalue weighted by molar-refractivity contribution is -0.697. The van der Waals surface area contributed by atoms with Crippen LogP contribution in [0.25, 0.3) is 78.7 Å². The molecule has 0 N–H and O–H groups in total. The summed E-state index contributed by atoms with van der Waals surface area (Å²) in [7, 11) is 2.06. The molecule has 0 saturated heterocycles. The minimum absolute atomic E-state index is 1.04. The predicted molar refractivity (Wildman–Crippen MR) is 248 cm³/mol. The normalized spacial score (nSPS) is 11.1. The van der Waals surface area contributed by atoms with Crippen molar-refractivity contribution < 1.29 is 18.3 Å². The summed E-state index contributed by atoms with van der Waals surface area (Å²) in [6.45, 7) is 3.31. The van der Waals surface area contributed by atoms with Crippen LogP contribution in [0.3, 0.4) is 0 Å². The smallest absolute Gasteiger partial charge is 0.208 e. The molecule has 0 aliphatic heterocycles. The fraction of sp³-hybridized carbons (Fsp3) is 0.123. The molecule has 0 amide bonds. The molecule has 4 nitrogen and oxygen atoms in total. The van der Waals surface area contributed by atoms with Gasteiger partial charge in [0.2, 0.25) is 34.2 Å². The summed E-state index contributed by atoms with van der Waals surface area (Å²) in [4.78, 5) is 0. The summed E-state index contributed by atoms with van der Waals surface area (Å²) in [5.41, 5.74) is 15.9. The molecule has 0 aliphatic carbocycles. The summed E-state index contributed by atoms with van der Waals surface area (Å²) in [5.74, 6) is 0. The van der Waals surface area contributed by atoms with E-state index in [0.717, 1.165) is 68.5 Å². The Morgan fingerprint density at radius 1 is 0.328 bits per heavy atom. The lowest BCUT2D eigenvalue weighted by Gasteiger charge is -2.14. The fourth-order valence-electron chi connectivity index (χ4n) is 8.35. The van der Waals surface area contributed by atoms with Gasteiger partial charge in [-0.2, -0.15) is 9.13 Å². The molecule has 0 saturated carbocycles. The summed E-state index contributed by atoms with van der Waals surface area (Å²) in [5, 5.41) is 0. The van der Waals surface area contributed by atoms with Crippen LogP contribution in [-0.4, -0.2) is 0 Å². The molecule has 0 bridgehead atoms. The van der Waals surface area contributed by atoms with E-state index in [2.05, 4.69) is 251 Å². The topological polar surface area (TPSA) is 15.5 Å². The van der Waals surface area contributed by atoms with Crippen molar-refractivity contribution in [2.75, 3.05) is 0 Å². The highest BCUT2D eigenvalue weighted by molar-refractivity contribution is 5.76. The Morgan fingerprint density at radius 2 is 0.705 bits per heavy atom. The fourth-order valence-corrected chi connectivity index (χ4v) is 8.35. The largest absolute Gasteiger partial charge is 0.219 e. The lowest BCUT2D eigenvalue weighted by Crippen LogP contribution is -2.39. The molecule has 0 aliphatic rings. The van der Waals surface area contributed by atoms with Gasteiger partial charge in [0.15, 0.2) is 24.8 Å². The second-order valence-corrected chi connectivity index (χ2v) is 15.8. The Morgan fingerprint density at radius 3 is 1.08 bits per heavy atom. The average Bonchev–Trinajstić information content (AvgIpc) is 3.33. The molecule has 0 unspecified atom stereocenters. The first kappa shape index (κ1) is 39.2. The van der Waals surface area contributed by atoms with Crippen LogP contribution in [0.4, 0.5) is 0 Å². The lowest BCUT2D eigenvalue weighted by atomic mass is 9.98. The highest BCUT2D eigenvalue weighted by Gasteiger charge is 2.30. The third-order valence-corrected chi connectivity index (χ3v) is 11.6. The number of pyridine rings is 4. The van der Waals surface area contributed by atoms with Crippen molar-refractivity contribution in [1.82, 2.24) is 0 Å². The SMILES string of the molecule is CCCCCC[n+]1ccc(-c2cc(-c3ccccc3)[n+](-c3cccc(-[n+]4c(-c5ccccc5)cc(-c5cc[n+](C)cc5)cc4-c4ccccc4)c3)c(-c3ccccc3)c2)cc1. The predicted octanol–water partition coefficient (Wildman–Crippen LogP) is 11.9. The quantitative estimate of drug-likeness (QED) is 0.0816. The number of unbranched alkanes of at least 4 members (excludes halogenated alkanes) is 3. The van der Waals surface area contributed by atoms with E-state index < -0.39 is 0 Å². The number of rotatable bonds is 13. The molecule has 9 rings (SSSR count). The first-order valence-corrected chi connectivity index (χ1v) is 21.6. The van der Waals surface area contributed by atoms with Crippen molar-refractivity contribution in [2.45, 2.75) is 39.2 Å². The van der Waals surface area contributed by atoms with Crippen LogP contribution in [0.5, 0.6) is 0 Å². The molecule has 0 spiro atoms. The van der Waals surface area contributed by atoms with Gasteiger partial charge < -0.3 is 0 Å². The molecule has 0 fully saturated rings. The van der Waals surface area contributed by atoms with Crippen molar-refractivity contribution in [1.29, 1.82) is 0 Å². The van der Waals surface area contributed by atoms with Crippen LogP contribution in [0.2, 0.25) is 0 Å². The number of hydrogen-bond donors (Lipinski definition) is 0. The molecule has 9 aromatic rings. The van der Waals surface area contributed by atoms with Gasteiger partial charge in [0.1, 0.15) is 13.6 Å². The third-order valence-electron chi connectivity index (χ3n) is 11.6. The van der Waals surface area contributed by atoms with E-state index in [0.29, 0.717) is 0 Å². The van der Waals surface area contributed by atoms with Crippen molar-refractivity contribution >= 4 is 0 Å². The van der Waals surface area contributed by atoms with E-state index in [1.807, 2.05) is 0 Å². The molecule has 0 atom stereocenters. The van der Waals surface area contributed by atoms with E-state index in [9.17, 15) is 0 Å². The zero-order valence-corrected chi connectivity index (χ0v) is 35.1. The Balaban J connectivity index is 1.27. The van der Waals surface area contributed by atoms with Crippen molar-refractivity contribution in [3.05, 3.63) is 219 Å². The van der Waals surface area contributed by atoms with E-state index in [4.69, 9.17) is 0 Å². The molecule has 0 radical (unpaired) electrons. The zero-order chi connectivity index (χ0) is 41.4. The van der Waals surface area contributed by atoms with E-state index in [1.54, 1.807) is 0 Å². The second kappa shape index (κ2) is 18.3. The van der Waals surface area contributed by atoms with E-state index in [1.165, 1.54) is 42.4 Å². The van der Waals surface area contributed by atoms with E-state index >= 15 is 0 Å². The Hall–Kier alpha value is -7.30. The van der Waals surface area contributed by atoms with Crippen molar-refractivity contribution in [3.8, 4) is 78.7 Å². The van der Waals surface area contributed by atoms with Crippen LogP contribution < -0.4 is 18.3 Å². The number of benzene rings is 5. The maximum absolute atomic E-state index is 2.44. The van der Waals surface area contributed by atoms with Gasteiger partial charge in [-0.3, -0.25) is 0 Å². The molecule has 4 heterocycles. The Kier molecular flexibility index (Phi) is 11.8. The van der Waals surface area contributed by atoms with Gasteiger partial charge in [-0.1, -0.05) is 92.6 Å². The summed E-state index contributed by atoms with van der Waals surface area (Å²) < 4.78 is 9.28. The monoisotopic (exact) mass is 792 g/mol. The van der Waals surface area contributed by atoms with Crippen molar-refractivity contribution in [2.24, 2.45) is 7.05 Å². The van der Waals surface area contributed by atoms with Gasteiger partial charge in [0, 0.05) is 89.3 Å². The van der Waals surface area contributed by atoms with Gasteiger partial charge in [-0.25, -0.2) is 9.13 Å². The Labute approximate surface area is 360 Å². The van der Waals surface area contributed by atoms with Gasteiger partial charge >= 0.3 is 0 Å². The van der Waals surface area contributed by atoms with Gasteiger partial charge in [-0.05, 0) is 83.3 Å². The highest BCUT2D eigenvalue weighted by Crippen LogP contribution is 2.33. The molecule has 5 aromatic carbocycles. The van der Waals surface area contributed by atoms with Gasteiger partial charge in [0.05, 0.1) is 6.07 Å². The van der Waals surface area contributed by atoms with Crippen LogP contribution in [0.15, 0.2) is 219 Å². The van der Waals surface area contributed by atoms with E-state index in [-0.39, 0.29) is 0 Å². The number of nitrogens with zero attached hydrogens (tertiary/aromatic N) is 4. The minimum Gasteiger partial charge on any atom is -0.208 e. The maximum atomic E-state index is 2.44. The van der Waals surface area contributed by atoms with Crippen LogP contribution >= 0.6 is 0 Å². The molecule has 296 valence electrons. The Bertz CT molecular complexity index is 2730. The molecular weight excluding hydrogens is 741 g/mol. The second-order valence-electron chi connectivity index (χ2n) is 15.8. The average molecular weight is 793 g/mol. The highest BCUT2D eigenvalue weighted by atomic mass is 15.0. The minimum atomic E-state index is 1.04. The molecular formula is C57H52N4+4. The molecule has 4 heteroatoms. The van der Waals surface area contributed by atoms with Crippen LogP contribution in [-0.2, 0) is 13.6 Å². The number of aryl methyl sites for hydroxylation is 2. The van der Waals surface area contributed by atoms with Gasteiger partial charge in [0.25, 0.3) is 0 Å². The molecule has 4 aromatic heterocycles. The van der Waals surface area contributed by atoms with Crippen molar-refractivity contribution in [3.63, 3.8) is 0 Å². The van der Waals surface area contributed by atoms with Crippen LogP contribution in [0.1, 0.15) is 32.6 Å². The maximum Gasteiger partial charge on any atom is 0.219 e. The number of hydrogen-bond acceptors (Lipinski definition) is 0. The standard InChI is InChI=1S/C57H52N4/c1-3-4-5-18-34-59-37-32-45(33-38-59)51-41-56(48-24-14-8-15-25-48)61(57(42-51)49-26-16-9-17-27-49)53-29-19-28-52(43-53)60-54(46-20-10-6-11-21-46)39-50(44-30-35-58(2)36-31-44)40-55(60)47-22-12-7-13-23-47/h6-17,19-33,35-43H,3-5,18,34H2,1-2H3/q+4. The third kappa shape index (κ3) is 8.71. The first-order valence-electron chi connectivity index (χ1n) is 21.6. The summed E-state index contributed by atoms with van der Waals surface area (Å²) in [6, 6.07) is 70.6. The van der Waals surface area contributed by atoms with Crippen LogP contribution in [0, 0.1) is 0 Å². The molecule has 61 heavy (non-hydrogen) atoms. The summed E-state index contributed by atoms with van der Waals surface area (Å²) >= 11 is 0. The number of aromatic nitrogens is 4. The van der Waals surface area contributed by atoms with Gasteiger partial charge in [-0.15, -0.1) is 0 Å². The summed E-state index contributed by atoms with van der Waals surface area (Å²) in [6.07, 6.45) is 13.7.